The fraction of sp³-hybridized carbons (Fsp3) is 0.667. The summed E-state index contributed by atoms with van der Waals surface area (Å²) in [6.45, 7) is 2.05. The van der Waals surface area contributed by atoms with Crippen LogP contribution in [0.4, 0.5) is 11.6 Å². The molecule has 1 aromatic heterocycles. The van der Waals surface area contributed by atoms with Crippen molar-refractivity contribution in [2.24, 2.45) is 0 Å². The molecule has 0 bridgehead atoms. The number of methoxy groups -OCH3 is 1. The molecule has 2 rings (SSSR count). The average molecular weight is 284 g/mol. The number of ether oxygens (including phenoxy) is 2. The molecule has 1 aliphatic rings. The van der Waals surface area contributed by atoms with Crippen LogP contribution in [0.1, 0.15) is 6.42 Å². The second-order valence-electron chi connectivity index (χ2n) is 4.42. The quantitative estimate of drug-likeness (QED) is 0.605. The third kappa shape index (κ3) is 3.49. The Kier molecular flexibility index (Phi) is 4.84. The van der Waals surface area contributed by atoms with Crippen molar-refractivity contribution in [3.05, 3.63) is 6.07 Å². The lowest BCUT2D eigenvalue weighted by Gasteiger charge is -2.26. The van der Waals surface area contributed by atoms with Gasteiger partial charge >= 0.3 is 0 Å². The lowest BCUT2D eigenvalue weighted by atomic mass is 10.0. The minimum absolute atomic E-state index is 0.246. The zero-order valence-corrected chi connectivity index (χ0v) is 12.3. The maximum atomic E-state index is 5.58. The van der Waals surface area contributed by atoms with E-state index in [1.165, 1.54) is 11.8 Å². The Hall–Kier alpha value is -1.05. The van der Waals surface area contributed by atoms with Gasteiger partial charge in [0.05, 0.1) is 6.61 Å². The van der Waals surface area contributed by atoms with Gasteiger partial charge in [0.2, 0.25) is 0 Å². The van der Waals surface area contributed by atoms with Gasteiger partial charge in [0.1, 0.15) is 17.2 Å². The lowest BCUT2D eigenvalue weighted by molar-refractivity contribution is -0.00626. The van der Waals surface area contributed by atoms with Crippen molar-refractivity contribution in [3.63, 3.8) is 0 Å². The van der Waals surface area contributed by atoms with Crippen LogP contribution in [0.5, 0.6) is 0 Å². The number of hydrogen-bond acceptors (Lipinski definition) is 7. The monoisotopic (exact) mass is 284 g/mol. The number of hydrogen-bond donors (Lipinski definition) is 2. The zero-order chi connectivity index (χ0) is 13.7. The highest BCUT2D eigenvalue weighted by molar-refractivity contribution is 7.98. The van der Waals surface area contributed by atoms with E-state index in [4.69, 9.17) is 9.47 Å². The Morgan fingerprint density at radius 2 is 2.26 bits per heavy atom. The van der Waals surface area contributed by atoms with E-state index < -0.39 is 0 Å². The molecule has 1 aromatic rings. The Labute approximate surface area is 117 Å². The number of thioether (sulfide) groups is 1. The largest absolute Gasteiger partial charge is 0.378 e. The highest BCUT2D eigenvalue weighted by Crippen LogP contribution is 2.24. The summed E-state index contributed by atoms with van der Waals surface area (Å²) < 4.78 is 11.0. The summed E-state index contributed by atoms with van der Waals surface area (Å²) in [5.74, 6) is 1.60. The van der Waals surface area contributed by atoms with Crippen molar-refractivity contribution < 1.29 is 9.47 Å². The molecule has 0 amide bonds. The van der Waals surface area contributed by atoms with Gasteiger partial charge in [0.15, 0.2) is 5.16 Å². The second-order valence-corrected chi connectivity index (χ2v) is 5.19. The molecule has 1 saturated heterocycles. The van der Waals surface area contributed by atoms with Gasteiger partial charge in [-0.3, -0.25) is 0 Å². The molecule has 1 fully saturated rings. The average Bonchev–Trinajstić information content (AvgIpc) is 2.94. The molecule has 1 atom stereocenters. The molecule has 106 valence electrons. The lowest BCUT2D eigenvalue weighted by Crippen LogP contribution is -2.39. The molecule has 19 heavy (non-hydrogen) atoms. The summed E-state index contributed by atoms with van der Waals surface area (Å²) in [4.78, 5) is 8.76. The molecule has 2 N–H and O–H groups in total. The smallest absolute Gasteiger partial charge is 0.191 e. The molecule has 7 heteroatoms. The molecule has 0 radical (unpaired) electrons. The summed E-state index contributed by atoms with van der Waals surface area (Å²) in [7, 11) is 3.57. The SMILES string of the molecule is CNc1cc(NCC2(OC)CCOC2)nc(SC)n1. The van der Waals surface area contributed by atoms with Crippen LogP contribution in [0, 0.1) is 0 Å². The molecule has 0 spiro atoms. The van der Waals surface area contributed by atoms with E-state index in [-0.39, 0.29) is 5.60 Å². The van der Waals surface area contributed by atoms with Crippen molar-refractivity contribution in [1.29, 1.82) is 0 Å². The predicted octanol–water partition coefficient (Wildman–Crippen LogP) is 1.46. The first-order valence-electron chi connectivity index (χ1n) is 6.19. The van der Waals surface area contributed by atoms with Crippen molar-refractivity contribution >= 4 is 23.4 Å². The zero-order valence-electron chi connectivity index (χ0n) is 11.5. The van der Waals surface area contributed by atoms with Gasteiger partial charge < -0.3 is 20.1 Å². The summed E-state index contributed by atoms with van der Waals surface area (Å²) in [5.41, 5.74) is -0.246. The van der Waals surface area contributed by atoms with Gasteiger partial charge in [0.25, 0.3) is 0 Å². The van der Waals surface area contributed by atoms with Crippen LogP contribution in [0.25, 0.3) is 0 Å². The third-order valence-electron chi connectivity index (χ3n) is 3.24. The van der Waals surface area contributed by atoms with E-state index in [0.717, 1.165) is 29.8 Å². The van der Waals surface area contributed by atoms with Crippen LogP contribution >= 0.6 is 11.8 Å². The minimum atomic E-state index is -0.246. The maximum Gasteiger partial charge on any atom is 0.191 e. The highest BCUT2D eigenvalue weighted by atomic mass is 32.2. The first-order valence-corrected chi connectivity index (χ1v) is 7.41. The predicted molar refractivity (Wildman–Crippen MR) is 77.0 cm³/mol. The van der Waals surface area contributed by atoms with Crippen molar-refractivity contribution in [1.82, 2.24) is 9.97 Å². The molecule has 2 heterocycles. The van der Waals surface area contributed by atoms with Crippen molar-refractivity contribution in [2.75, 3.05) is 50.8 Å². The summed E-state index contributed by atoms with van der Waals surface area (Å²) in [6, 6.07) is 1.89. The first-order chi connectivity index (χ1) is 9.21. The second kappa shape index (κ2) is 6.40. The van der Waals surface area contributed by atoms with Crippen LogP contribution in [0.2, 0.25) is 0 Å². The van der Waals surface area contributed by atoms with Gasteiger partial charge in [-0.2, -0.15) is 0 Å². The molecular formula is C12H20N4O2S. The van der Waals surface area contributed by atoms with E-state index in [2.05, 4.69) is 20.6 Å². The van der Waals surface area contributed by atoms with Gasteiger partial charge in [-0.15, -0.1) is 0 Å². The highest BCUT2D eigenvalue weighted by Gasteiger charge is 2.34. The Balaban J connectivity index is 2.06. The Morgan fingerprint density at radius 1 is 1.47 bits per heavy atom. The normalized spacial score (nSPS) is 22.5. The van der Waals surface area contributed by atoms with Gasteiger partial charge in [0, 0.05) is 39.8 Å². The summed E-state index contributed by atoms with van der Waals surface area (Å²) in [5, 5.41) is 7.09. The van der Waals surface area contributed by atoms with E-state index in [9.17, 15) is 0 Å². The van der Waals surface area contributed by atoms with E-state index >= 15 is 0 Å². The van der Waals surface area contributed by atoms with E-state index in [0.29, 0.717) is 13.2 Å². The molecule has 6 nitrogen and oxygen atoms in total. The van der Waals surface area contributed by atoms with E-state index in [1.807, 2.05) is 19.4 Å². The Morgan fingerprint density at radius 3 is 2.84 bits per heavy atom. The number of nitrogens with one attached hydrogen (secondary N) is 2. The first kappa shape index (κ1) is 14.4. The van der Waals surface area contributed by atoms with Gasteiger partial charge in [-0.1, -0.05) is 11.8 Å². The van der Waals surface area contributed by atoms with Gasteiger partial charge in [-0.25, -0.2) is 9.97 Å². The number of nitrogens with zero attached hydrogens (tertiary/aromatic N) is 2. The van der Waals surface area contributed by atoms with E-state index in [1.54, 1.807) is 7.11 Å². The third-order valence-corrected chi connectivity index (χ3v) is 3.78. The molecule has 0 aromatic carbocycles. The fourth-order valence-electron chi connectivity index (χ4n) is 1.95. The van der Waals surface area contributed by atoms with Crippen molar-refractivity contribution in [2.45, 2.75) is 17.2 Å². The van der Waals surface area contributed by atoms with Crippen LogP contribution < -0.4 is 10.6 Å². The molecule has 1 aliphatic heterocycles. The number of rotatable bonds is 6. The molecule has 0 saturated carbocycles. The summed E-state index contributed by atoms with van der Waals surface area (Å²) >= 11 is 1.52. The summed E-state index contributed by atoms with van der Waals surface area (Å²) in [6.07, 6.45) is 2.86. The van der Waals surface area contributed by atoms with Crippen molar-refractivity contribution in [3.8, 4) is 0 Å². The number of aromatic nitrogens is 2. The standard InChI is InChI=1S/C12H20N4O2S/c1-13-9-6-10(16-11(15-9)19-3)14-7-12(17-2)4-5-18-8-12/h6H,4-5,7-8H2,1-3H3,(H2,13,14,15,16). The minimum Gasteiger partial charge on any atom is -0.378 e. The Bertz CT molecular complexity index is 402. The van der Waals surface area contributed by atoms with Crippen LogP contribution in [-0.2, 0) is 9.47 Å². The molecule has 1 unspecified atom stereocenters. The van der Waals surface area contributed by atoms with Crippen LogP contribution in [-0.4, -0.2) is 55.7 Å². The fourth-order valence-corrected chi connectivity index (χ4v) is 2.33. The molecule has 0 aliphatic carbocycles. The van der Waals surface area contributed by atoms with Gasteiger partial charge in [-0.05, 0) is 6.26 Å². The molecular weight excluding hydrogens is 264 g/mol. The number of anilines is 2. The van der Waals surface area contributed by atoms with Crippen LogP contribution in [0.3, 0.4) is 0 Å². The van der Waals surface area contributed by atoms with Crippen LogP contribution in [0.15, 0.2) is 11.2 Å². The maximum absolute atomic E-state index is 5.58. The topological polar surface area (TPSA) is 68.3 Å².